The molecule has 0 saturated carbocycles. The lowest BCUT2D eigenvalue weighted by Crippen LogP contribution is -2.04. The summed E-state index contributed by atoms with van der Waals surface area (Å²) in [6.07, 6.45) is -1.36. The van der Waals surface area contributed by atoms with Gasteiger partial charge in [0, 0.05) is 23.5 Å². The van der Waals surface area contributed by atoms with Crippen molar-refractivity contribution in [1.82, 2.24) is 4.98 Å². The smallest absolute Gasteiger partial charge is 0.298 e. The van der Waals surface area contributed by atoms with Crippen molar-refractivity contribution >= 4 is 17.9 Å². The van der Waals surface area contributed by atoms with Crippen LogP contribution in [-0.4, -0.2) is 11.3 Å². The third kappa shape index (κ3) is 2.76. The van der Waals surface area contributed by atoms with Gasteiger partial charge in [-0.25, -0.2) is 0 Å². The first-order valence-electron chi connectivity index (χ1n) is 5.20. The van der Waals surface area contributed by atoms with Crippen LogP contribution in [0.5, 0.6) is 0 Å². The number of halogens is 4. The standard InChI is InChI=1S/C13H7ClF3NO/c14-12-6-18-5-10(11(12)7-19)8-2-1-3-9(4-8)13(15,16)17/h1-7H. The summed E-state index contributed by atoms with van der Waals surface area (Å²) in [5, 5.41) is 0.102. The number of aromatic nitrogens is 1. The summed E-state index contributed by atoms with van der Waals surface area (Å²) in [5.74, 6) is 0. The van der Waals surface area contributed by atoms with E-state index in [4.69, 9.17) is 11.6 Å². The maximum atomic E-state index is 12.6. The molecule has 0 amide bonds. The van der Waals surface area contributed by atoms with Gasteiger partial charge in [0.15, 0.2) is 6.29 Å². The largest absolute Gasteiger partial charge is 0.416 e. The lowest BCUT2D eigenvalue weighted by molar-refractivity contribution is -0.137. The van der Waals surface area contributed by atoms with Crippen LogP contribution in [0.25, 0.3) is 11.1 Å². The monoisotopic (exact) mass is 285 g/mol. The molecule has 1 heterocycles. The maximum Gasteiger partial charge on any atom is 0.416 e. The van der Waals surface area contributed by atoms with Gasteiger partial charge in [0.05, 0.1) is 10.6 Å². The van der Waals surface area contributed by atoms with Crippen molar-refractivity contribution in [2.24, 2.45) is 0 Å². The van der Waals surface area contributed by atoms with Gasteiger partial charge in [-0.2, -0.15) is 13.2 Å². The van der Waals surface area contributed by atoms with Crippen molar-refractivity contribution in [2.75, 3.05) is 0 Å². The van der Waals surface area contributed by atoms with Crippen molar-refractivity contribution in [3.8, 4) is 11.1 Å². The average molecular weight is 286 g/mol. The number of pyridine rings is 1. The molecular weight excluding hydrogens is 279 g/mol. The third-order valence-corrected chi connectivity index (χ3v) is 2.86. The van der Waals surface area contributed by atoms with Crippen LogP contribution in [0.2, 0.25) is 5.02 Å². The number of aldehydes is 1. The number of hydrogen-bond acceptors (Lipinski definition) is 2. The zero-order valence-electron chi connectivity index (χ0n) is 9.41. The van der Waals surface area contributed by atoms with Gasteiger partial charge in [-0.05, 0) is 17.7 Å². The van der Waals surface area contributed by atoms with E-state index in [1.807, 2.05) is 0 Å². The Morgan fingerprint density at radius 1 is 1.21 bits per heavy atom. The molecule has 1 aromatic carbocycles. The minimum atomic E-state index is -4.44. The van der Waals surface area contributed by atoms with E-state index in [-0.39, 0.29) is 21.7 Å². The molecule has 0 aliphatic carbocycles. The van der Waals surface area contributed by atoms with Gasteiger partial charge in [-0.15, -0.1) is 0 Å². The first-order valence-corrected chi connectivity index (χ1v) is 5.57. The lowest BCUT2D eigenvalue weighted by Gasteiger charge is -2.10. The van der Waals surface area contributed by atoms with Gasteiger partial charge in [0.2, 0.25) is 0 Å². The number of carbonyl (C=O) groups is 1. The predicted octanol–water partition coefficient (Wildman–Crippen LogP) is 4.23. The zero-order chi connectivity index (χ0) is 14.0. The molecule has 98 valence electrons. The fourth-order valence-electron chi connectivity index (χ4n) is 1.66. The zero-order valence-corrected chi connectivity index (χ0v) is 10.2. The summed E-state index contributed by atoms with van der Waals surface area (Å²) in [6.45, 7) is 0. The lowest BCUT2D eigenvalue weighted by atomic mass is 10.0. The van der Waals surface area contributed by atoms with E-state index < -0.39 is 11.7 Å². The van der Waals surface area contributed by atoms with Gasteiger partial charge >= 0.3 is 6.18 Å². The normalized spacial score (nSPS) is 11.4. The predicted molar refractivity (Wildman–Crippen MR) is 65.1 cm³/mol. The quantitative estimate of drug-likeness (QED) is 0.773. The number of rotatable bonds is 2. The molecule has 2 rings (SSSR count). The molecule has 0 aliphatic rings. The second-order valence-corrected chi connectivity index (χ2v) is 4.19. The van der Waals surface area contributed by atoms with Crippen LogP contribution < -0.4 is 0 Å². The highest BCUT2D eigenvalue weighted by atomic mass is 35.5. The number of carbonyl (C=O) groups excluding carboxylic acids is 1. The van der Waals surface area contributed by atoms with E-state index >= 15 is 0 Å². The van der Waals surface area contributed by atoms with Crippen LogP contribution in [0.4, 0.5) is 13.2 Å². The minimum Gasteiger partial charge on any atom is -0.298 e. The highest BCUT2D eigenvalue weighted by Gasteiger charge is 2.30. The van der Waals surface area contributed by atoms with Crippen LogP contribution in [0.15, 0.2) is 36.7 Å². The van der Waals surface area contributed by atoms with Gasteiger partial charge in [-0.1, -0.05) is 23.7 Å². The highest BCUT2D eigenvalue weighted by Crippen LogP contribution is 2.33. The Bertz CT molecular complexity index is 626. The maximum absolute atomic E-state index is 12.6. The molecule has 0 unspecified atom stereocenters. The molecule has 0 bridgehead atoms. The second kappa shape index (κ2) is 5.01. The van der Waals surface area contributed by atoms with Crippen LogP contribution in [0.3, 0.4) is 0 Å². The number of nitrogens with zero attached hydrogens (tertiary/aromatic N) is 1. The minimum absolute atomic E-state index is 0.102. The molecule has 0 fully saturated rings. The number of benzene rings is 1. The van der Waals surface area contributed by atoms with E-state index in [0.717, 1.165) is 12.1 Å². The molecule has 0 atom stereocenters. The fourth-order valence-corrected chi connectivity index (χ4v) is 1.86. The molecule has 2 nitrogen and oxygen atoms in total. The van der Waals surface area contributed by atoms with Crippen molar-refractivity contribution in [2.45, 2.75) is 6.18 Å². The molecule has 0 radical (unpaired) electrons. The van der Waals surface area contributed by atoms with E-state index in [2.05, 4.69) is 4.98 Å². The molecule has 0 aliphatic heterocycles. The summed E-state index contributed by atoms with van der Waals surface area (Å²) < 4.78 is 37.9. The molecule has 0 N–H and O–H groups in total. The van der Waals surface area contributed by atoms with E-state index in [1.165, 1.54) is 24.5 Å². The fraction of sp³-hybridized carbons (Fsp3) is 0.0769. The van der Waals surface area contributed by atoms with Crippen molar-refractivity contribution in [3.63, 3.8) is 0 Å². The van der Waals surface area contributed by atoms with Crippen LogP contribution >= 0.6 is 11.6 Å². The van der Waals surface area contributed by atoms with Gasteiger partial charge in [0.25, 0.3) is 0 Å². The summed E-state index contributed by atoms with van der Waals surface area (Å²) in [6, 6.07) is 4.66. The summed E-state index contributed by atoms with van der Waals surface area (Å²) in [4.78, 5) is 14.8. The summed E-state index contributed by atoms with van der Waals surface area (Å²) >= 11 is 5.79. The van der Waals surface area contributed by atoms with Gasteiger partial charge in [0.1, 0.15) is 0 Å². The molecular formula is C13H7ClF3NO. The Kier molecular flexibility index (Phi) is 3.57. The molecule has 6 heteroatoms. The Morgan fingerprint density at radius 2 is 1.95 bits per heavy atom. The van der Waals surface area contributed by atoms with Crippen molar-refractivity contribution < 1.29 is 18.0 Å². The van der Waals surface area contributed by atoms with Crippen molar-refractivity contribution in [3.05, 3.63) is 52.8 Å². The third-order valence-electron chi connectivity index (χ3n) is 2.56. The van der Waals surface area contributed by atoms with Crippen LogP contribution in [0.1, 0.15) is 15.9 Å². The van der Waals surface area contributed by atoms with E-state index in [0.29, 0.717) is 6.29 Å². The first-order chi connectivity index (χ1) is 8.93. The summed E-state index contributed by atoms with van der Waals surface area (Å²) in [5.41, 5.74) is -0.154. The Morgan fingerprint density at radius 3 is 2.58 bits per heavy atom. The Balaban J connectivity index is 2.60. The van der Waals surface area contributed by atoms with Crippen LogP contribution in [0, 0.1) is 0 Å². The molecule has 0 saturated heterocycles. The van der Waals surface area contributed by atoms with Gasteiger partial charge in [-0.3, -0.25) is 9.78 Å². The molecule has 2 aromatic rings. The van der Waals surface area contributed by atoms with Gasteiger partial charge < -0.3 is 0 Å². The SMILES string of the molecule is O=Cc1c(Cl)cncc1-c1cccc(C(F)(F)F)c1. The first kappa shape index (κ1) is 13.5. The Labute approximate surface area is 111 Å². The summed E-state index contributed by atoms with van der Waals surface area (Å²) in [7, 11) is 0. The highest BCUT2D eigenvalue weighted by molar-refractivity contribution is 6.33. The average Bonchev–Trinajstić information content (AvgIpc) is 2.37. The second-order valence-electron chi connectivity index (χ2n) is 3.78. The van der Waals surface area contributed by atoms with E-state index in [1.54, 1.807) is 0 Å². The number of hydrogen-bond donors (Lipinski definition) is 0. The molecule has 1 aromatic heterocycles. The number of alkyl halides is 3. The van der Waals surface area contributed by atoms with Crippen molar-refractivity contribution in [1.29, 1.82) is 0 Å². The molecule has 0 spiro atoms. The topological polar surface area (TPSA) is 30.0 Å². The van der Waals surface area contributed by atoms with E-state index in [9.17, 15) is 18.0 Å². The Hall–Kier alpha value is -1.88. The molecule has 19 heavy (non-hydrogen) atoms. The van der Waals surface area contributed by atoms with Crippen LogP contribution in [-0.2, 0) is 6.18 Å².